The highest BCUT2D eigenvalue weighted by Gasteiger charge is 2.17. The molecule has 2 rings (SSSR count). The molecule has 1 heterocycles. The Balaban J connectivity index is 1.70. The van der Waals surface area contributed by atoms with Crippen LogP contribution in [0, 0.1) is 0 Å². The smallest absolute Gasteiger partial charge is 0.211 e. The number of anilines is 1. The molecule has 1 saturated heterocycles. The van der Waals surface area contributed by atoms with Crippen molar-refractivity contribution in [1.29, 1.82) is 0 Å². The summed E-state index contributed by atoms with van der Waals surface area (Å²) in [5.41, 5.74) is 1.19. The van der Waals surface area contributed by atoms with Crippen molar-refractivity contribution in [2.24, 2.45) is 0 Å². The normalized spacial score (nSPS) is 16.7. The summed E-state index contributed by atoms with van der Waals surface area (Å²) in [4.78, 5) is 4.63. The first-order chi connectivity index (χ1) is 11.0. The van der Waals surface area contributed by atoms with Gasteiger partial charge in [0.1, 0.15) is 0 Å². The molecule has 0 atom stereocenters. The van der Waals surface area contributed by atoms with Gasteiger partial charge < -0.3 is 4.90 Å². The number of rotatable bonds is 8. The number of unbranched alkanes of at least 4 members (excludes halogenated alkanes) is 1. The van der Waals surface area contributed by atoms with Crippen LogP contribution in [-0.4, -0.2) is 58.3 Å². The molecule has 1 aromatic rings. The van der Waals surface area contributed by atoms with E-state index in [-0.39, 0.29) is 5.75 Å². The lowest BCUT2D eigenvalue weighted by Crippen LogP contribution is -2.48. The van der Waals surface area contributed by atoms with Gasteiger partial charge in [-0.25, -0.2) is 13.1 Å². The van der Waals surface area contributed by atoms with E-state index < -0.39 is 10.0 Å². The molecular formula is C16H26ClN3O2S. The first kappa shape index (κ1) is 18.5. The van der Waals surface area contributed by atoms with Crippen molar-refractivity contribution in [1.82, 2.24) is 9.62 Å². The summed E-state index contributed by atoms with van der Waals surface area (Å²) in [6.45, 7) is 7.04. The summed E-state index contributed by atoms with van der Waals surface area (Å²) in [5, 5.41) is 0.753. The van der Waals surface area contributed by atoms with Gasteiger partial charge in [-0.05, 0) is 30.7 Å². The molecular weight excluding hydrogens is 334 g/mol. The monoisotopic (exact) mass is 359 g/mol. The zero-order valence-electron chi connectivity index (χ0n) is 13.7. The SMILES string of the molecule is CCCCS(=O)(=O)NCCN1CCN(c2ccc(Cl)cc2)CC1. The molecule has 0 aromatic heterocycles. The van der Waals surface area contributed by atoms with Crippen molar-refractivity contribution < 1.29 is 8.42 Å². The van der Waals surface area contributed by atoms with Gasteiger partial charge >= 0.3 is 0 Å². The van der Waals surface area contributed by atoms with Crippen molar-refractivity contribution in [3.05, 3.63) is 29.3 Å². The van der Waals surface area contributed by atoms with Crippen molar-refractivity contribution in [3.8, 4) is 0 Å². The maximum Gasteiger partial charge on any atom is 0.211 e. The van der Waals surface area contributed by atoms with Crippen LogP contribution in [0.2, 0.25) is 5.02 Å². The Morgan fingerprint density at radius 3 is 2.39 bits per heavy atom. The maximum absolute atomic E-state index is 11.7. The number of hydrogen-bond acceptors (Lipinski definition) is 4. The highest BCUT2D eigenvalue weighted by Crippen LogP contribution is 2.19. The van der Waals surface area contributed by atoms with Crippen LogP contribution < -0.4 is 9.62 Å². The van der Waals surface area contributed by atoms with E-state index in [9.17, 15) is 8.42 Å². The lowest BCUT2D eigenvalue weighted by atomic mass is 10.2. The average Bonchev–Trinajstić information content (AvgIpc) is 2.54. The van der Waals surface area contributed by atoms with Gasteiger partial charge in [0.2, 0.25) is 10.0 Å². The molecule has 0 saturated carbocycles. The van der Waals surface area contributed by atoms with Crippen LogP contribution in [0.5, 0.6) is 0 Å². The summed E-state index contributed by atoms with van der Waals surface area (Å²) in [6.07, 6.45) is 1.61. The Bertz CT molecular complexity index is 569. The molecule has 0 bridgehead atoms. The van der Waals surface area contributed by atoms with E-state index in [4.69, 9.17) is 11.6 Å². The van der Waals surface area contributed by atoms with E-state index in [0.717, 1.165) is 50.6 Å². The number of nitrogens with zero attached hydrogens (tertiary/aromatic N) is 2. The van der Waals surface area contributed by atoms with E-state index >= 15 is 0 Å². The van der Waals surface area contributed by atoms with Crippen LogP contribution in [0.15, 0.2) is 24.3 Å². The molecule has 23 heavy (non-hydrogen) atoms. The third kappa shape index (κ3) is 6.30. The number of nitrogens with one attached hydrogen (secondary N) is 1. The van der Waals surface area contributed by atoms with Crippen LogP contribution in [-0.2, 0) is 10.0 Å². The fraction of sp³-hybridized carbons (Fsp3) is 0.625. The molecule has 1 aliphatic heterocycles. The third-order valence-electron chi connectivity index (χ3n) is 4.08. The van der Waals surface area contributed by atoms with Gasteiger partial charge in [0.05, 0.1) is 5.75 Å². The van der Waals surface area contributed by atoms with E-state index in [0.29, 0.717) is 6.54 Å². The van der Waals surface area contributed by atoms with Gasteiger partial charge in [0.25, 0.3) is 0 Å². The lowest BCUT2D eigenvalue weighted by Gasteiger charge is -2.36. The summed E-state index contributed by atoms with van der Waals surface area (Å²) in [6, 6.07) is 7.91. The minimum atomic E-state index is -3.10. The molecule has 0 amide bonds. The summed E-state index contributed by atoms with van der Waals surface area (Å²) >= 11 is 5.92. The Hall–Kier alpha value is -0.820. The number of halogens is 1. The predicted octanol–water partition coefficient (Wildman–Crippen LogP) is 2.18. The number of piperazine rings is 1. The number of hydrogen-bond donors (Lipinski definition) is 1. The van der Waals surface area contributed by atoms with Crippen molar-refractivity contribution >= 4 is 27.3 Å². The molecule has 1 fully saturated rings. The maximum atomic E-state index is 11.7. The van der Waals surface area contributed by atoms with Gasteiger partial charge in [-0.1, -0.05) is 24.9 Å². The molecule has 1 aromatic carbocycles. The van der Waals surface area contributed by atoms with Gasteiger partial charge in [-0.2, -0.15) is 0 Å². The Kier molecular flexibility index (Phi) is 7.14. The molecule has 0 spiro atoms. The highest BCUT2D eigenvalue weighted by atomic mass is 35.5. The third-order valence-corrected chi connectivity index (χ3v) is 5.80. The second-order valence-electron chi connectivity index (χ2n) is 5.87. The van der Waals surface area contributed by atoms with Crippen LogP contribution >= 0.6 is 11.6 Å². The molecule has 7 heteroatoms. The van der Waals surface area contributed by atoms with Gasteiger partial charge in [0.15, 0.2) is 0 Å². The zero-order chi connectivity index (χ0) is 16.7. The standard InChI is InChI=1S/C16H26ClN3O2S/c1-2-3-14-23(21,22)18-8-9-19-10-12-20(13-11-19)16-6-4-15(17)5-7-16/h4-7,18H,2-3,8-14H2,1H3. The van der Waals surface area contributed by atoms with Crippen LogP contribution in [0.25, 0.3) is 0 Å². The topological polar surface area (TPSA) is 52.7 Å². The fourth-order valence-corrected chi connectivity index (χ4v) is 3.99. The molecule has 0 unspecified atom stereocenters. The van der Waals surface area contributed by atoms with Crippen LogP contribution in [0.1, 0.15) is 19.8 Å². The van der Waals surface area contributed by atoms with E-state index in [2.05, 4.69) is 14.5 Å². The summed E-state index contributed by atoms with van der Waals surface area (Å²) < 4.78 is 26.2. The molecule has 0 aliphatic carbocycles. The second kappa shape index (κ2) is 8.87. The lowest BCUT2D eigenvalue weighted by molar-refractivity contribution is 0.262. The van der Waals surface area contributed by atoms with Crippen molar-refractivity contribution in [3.63, 3.8) is 0 Å². The predicted molar refractivity (Wildman–Crippen MR) is 96.8 cm³/mol. The quantitative estimate of drug-likeness (QED) is 0.773. The Morgan fingerprint density at radius 2 is 1.78 bits per heavy atom. The molecule has 5 nitrogen and oxygen atoms in total. The largest absolute Gasteiger partial charge is 0.369 e. The molecule has 130 valence electrons. The molecule has 0 radical (unpaired) electrons. The van der Waals surface area contributed by atoms with Gasteiger partial charge in [-0.3, -0.25) is 4.90 Å². The average molecular weight is 360 g/mol. The zero-order valence-corrected chi connectivity index (χ0v) is 15.2. The minimum absolute atomic E-state index is 0.230. The number of sulfonamides is 1. The number of benzene rings is 1. The first-order valence-corrected chi connectivity index (χ1v) is 10.2. The van der Waals surface area contributed by atoms with Gasteiger partial charge in [0, 0.05) is 50.0 Å². The van der Waals surface area contributed by atoms with E-state index in [1.807, 2.05) is 31.2 Å². The van der Waals surface area contributed by atoms with Gasteiger partial charge in [-0.15, -0.1) is 0 Å². The van der Waals surface area contributed by atoms with Crippen molar-refractivity contribution in [2.45, 2.75) is 19.8 Å². The Labute approximate surface area is 144 Å². The summed E-state index contributed by atoms with van der Waals surface area (Å²) in [7, 11) is -3.10. The molecule has 1 aliphatic rings. The summed E-state index contributed by atoms with van der Waals surface area (Å²) in [5.74, 6) is 0.230. The minimum Gasteiger partial charge on any atom is -0.369 e. The van der Waals surface area contributed by atoms with Crippen molar-refractivity contribution in [2.75, 3.05) is 49.9 Å². The van der Waals surface area contributed by atoms with Crippen LogP contribution in [0.4, 0.5) is 5.69 Å². The first-order valence-electron chi connectivity index (χ1n) is 8.20. The molecule has 1 N–H and O–H groups in total. The highest BCUT2D eigenvalue weighted by molar-refractivity contribution is 7.89. The Morgan fingerprint density at radius 1 is 1.13 bits per heavy atom. The fourth-order valence-electron chi connectivity index (χ4n) is 2.65. The van der Waals surface area contributed by atoms with Crippen LogP contribution in [0.3, 0.4) is 0 Å². The van der Waals surface area contributed by atoms with E-state index in [1.54, 1.807) is 0 Å². The second-order valence-corrected chi connectivity index (χ2v) is 8.23. The van der Waals surface area contributed by atoms with E-state index in [1.165, 1.54) is 5.69 Å².